The summed E-state index contributed by atoms with van der Waals surface area (Å²) in [5, 5.41) is 0. The van der Waals surface area contributed by atoms with Gasteiger partial charge in [-0.05, 0) is 30.4 Å². The Bertz CT molecular complexity index is 462. The first-order valence-electron chi connectivity index (χ1n) is 8.78. The quantitative estimate of drug-likeness (QED) is 0.648. The van der Waals surface area contributed by atoms with Crippen molar-refractivity contribution in [2.75, 3.05) is 53.7 Å². The lowest BCUT2D eigenvalue weighted by molar-refractivity contribution is 0.0587. The van der Waals surface area contributed by atoms with Crippen molar-refractivity contribution in [2.45, 2.75) is 20.3 Å². The van der Waals surface area contributed by atoms with Crippen LogP contribution in [0.1, 0.15) is 20.3 Å². The van der Waals surface area contributed by atoms with E-state index < -0.39 is 0 Å². The van der Waals surface area contributed by atoms with Crippen LogP contribution in [-0.2, 0) is 4.74 Å². The molecule has 5 heteroatoms. The second kappa shape index (κ2) is 9.74. The molecule has 1 aromatic rings. The number of ether oxygens (including phenoxy) is 4. The molecule has 0 aliphatic carbocycles. The summed E-state index contributed by atoms with van der Waals surface area (Å²) < 4.78 is 22.1. The molecule has 1 heterocycles. The molecule has 2 rings (SSSR count). The van der Waals surface area contributed by atoms with Crippen molar-refractivity contribution in [2.24, 2.45) is 11.8 Å². The number of para-hydroxylation sites is 1. The van der Waals surface area contributed by atoms with Gasteiger partial charge in [0.15, 0.2) is 11.5 Å². The fourth-order valence-corrected chi connectivity index (χ4v) is 3.43. The first-order chi connectivity index (χ1) is 11.6. The molecule has 136 valence electrons. The number of hydrogen-bond donors (Lipinski definition) is 0. The molecule has 0 bridgehead atoms. The van der Waals surface area contributed by atoms with E-state index in [0.29, 0.717) is 30.5 Å². The van der Waals surface area contributed by atoms with E-state index in [4.69, 9.17) is 18.9 Å². The van der Waals surface area contributed by atoms with Gasteiger partial charge in [0.2, 0.25) is 5.75 Å². The number of nitrogens with zero attached hydrogens (tertiary/aromatic N) is 1. The lowest BCUT2D eigenvalue weighted by Gasteiger charge is -2.34. The Kier molecular flexibility index (Phi) is 7.66. The molecule has 1 saturated heterocycles. The zero-order valence-electron chi connectivity index (χ0n) is 15.4. The van der Waals surface area contributed by atoms with Gasteiger partial charge in [0, 0.05) is 19.6 Å². The lowest BCUT2D eigenvalue weighted by atomic mass is 9.92. The Morgan fingerprint density at radius 3 is 2.17 bits per heavy atom. The molecule has 24 heavy (non-hydrogen) atoms. The van der Waals surface area contributed by atoms with Crippen molar-refractivity contribution in [3.8, 4) is 17.2 Å². The van der Waals surface area contributed by atoms with Crippen LogP contribution in [0.4, 0.5) is 0 Å². The van der Waals surface area contributed by atoms with Gasteiger partial charge in [-0.3, -0.25) is 0 Å². The average Bonchev–Trinajstić information content (AvgIpc) is 2.56. The van der Waals surface area contributed by atoms with E-state index >= 15 is 0 Å². The van der Waals surface area contributed by atoms with Gasteiger partial charge >= 0.3 is 0 Å². The van der Waals surface area contributed by atoms with E-state index in [1.165, 1.54) is 19.5 Å². The van der Waals surface area contributed by atoms with Gasteiger partial charge in [-0.1, -0.05) is 19.9 Å². The highest BCUT2D eigenvalue weighted by Gasteiger charge is 2.21. The number of benzene rings is 1. The predicted molar refractivity (Wildman–Crippen MR) is 95.2 cm³/mol. The normalized spacial score (nSPS) is 21.5. The summed E-state index contributed by atoms with van der Waals surface area (Å²) in [7, 11) is 3.25. The second-order valence-corrected chi connectivity index (χ2v) is 6.66. The summed E-state index contributed by atoms with van der Waals surface area (Å²) in [6.45, 7) is 9.80. The van der Waals surface area contributed by atoms with Gasteiger partial charge in [0.1, 0.15) is 6.61 Å². The minimum Gasteiger partial charge on any atom is -0.493 e. The van der Waals surface area contributed by atoms with Crippen LogP contribution in [0.15, 0.2) is 18.2 Å². The standard InChI is InChI=1S/C19H31NO4/c1-15-12-16(2)14-20(13-15)8-9-23-10-11-24-19-17(21-3)6-5-7-18(19)22-4/h5-7,15-16H,8-14H2,1-4H3/t15-,16+. The van der Waals surface area contributed by atoms with Crippen molar-refractivity contribution in [1.29, 1.82) is 0 Å². The van der Waals surface area contributed by atoms with E-state index in [-0.39, 0.29) is 0 Å². The Morgan fingerprint density at radius 2 is 1.58 bits per heavy atom. The van der Waals surface area contributed by atoms with Gasteiger partial charge in [-0.25, -0.2) is 0 Å². The zero-order valence-corrected chi connectivity index (χ0v) is 15.4. The predicted octanol–water partition coefficient (Wildman–Crippen LogP) is 3.08. The Labute approximate surface area is 145 Å². The van der Waals surface area contributed by atoms with Crippen molar-refractivity contribution < 1.29 is 18.9 Å². The molecule has 1 aliphatic heterocycles. The van der Waals surface area contributed by atoms with Gasteiger partial charge in [0.05, 0.1) is 27.4 Å². The summed E-state index contributed by atoms with van der Waals surface area (Å²) in [4.78, 5) is 2.50. The molecule has 1 fully saturated rings. The maximum absolute atomic E-state index is 5.79. The van der Waals surface area contributed by atoms with E-state index in [1.54, 1.807) is 14.2 Å². The summed E-state index contributed by atoms with van der Waals surface area (Å²) in [5.74, 6) is 3.55. The van der Waals surface area contributed by atoms with Crippen LogP contribution in [0.3, 0.4) is 0 Å². The third-order valence-electron chi connectivity index (χ3n) is 4.35. The minimum absolute atomic E-state index is 0.476. The third-order valence-corrected chi connectivity index (χ3v) is 4.35. The minimum atomic E-state index is 0.476. The maximum atomic E-state index is 5.79. The van der Waals surface area contributed by atoms with Crippen LogP contribution >= 0.6 is 0 Å². The molecule has 0 unspecified atom stereocenters. The molecular formula is C19H31NO4. The highest BCUT2D eigenvalue weighted by molar-refractivity contribution is 5.51. The topological polar surface area (TPSA) is 40.2 Å². The number of piperidine rings is 1. The Balaban J connectivity index is 1.67. The van der Waals surface area contributed by atoms with Crippen molar-refractivity contribution >= 4 is 0 Å². The highest BCUT2D eigenvalue weighted by atomic mass is 16.6. The SMILES string of the molecule is COc1cccc(OC)c1OCCOCCN1C[C@H](C)C[C@H](C)C1. The summed E-state index contributed by atoms with van der Waals surface area (Å²) in [6, 6.07) is 5.59. The number of hydrogen-bond acceptors (Lipinski definition) is 5. The zero-order chi connectivity index (χ0) is 17.4. The van der Waals surface area contributed by atoms with E-state index in [9.17, 15) is 0 Å². The fourth-order valence-electron chi connectivity index (χ4n) is 3.43. The van der Waals surface area contributed by atoms with Crippen LogP contribution in [0.25, 0.3) is 0 Å². The summed E-state index contributed by atoms with van der Waals surface area (Å²) >= 11 is 0. The smallest absolute Gasteiger partial charge is 0.203 e. The Morgan fingerprint density at radius 1 is 0.958 bits per heavy atom. The molecular weight excluding hydrogens is 306 g/mol. The van der Waals surface area contributed by atoms with E-state index in [2.05, 4.69) is 18.7 Å². The van der Waals surface area contributed by atoms with E-state index in [0.717, 1.165) is 25.0 Å². The fraction of sp³-hybridized carbons (Fsp3) is 0.684. The molecule has 0 spiro atoms. The number of likely N-dealkylation sites (tertiary alicyclic amines) is 1. The second-order valence-electron chi connectivity index (χ2n) is 6.66. The molecule has 0 N–H and O–H groups in total. The molecule has 0 aromatic heterocycles. The molecule has 1 aromatic carbocycles. The van der Waals surface area contributed by atoms with Crippen LogP contribution in [0.2, 0.25) is 0 Å². The number of rotatable bonds is 9. The van der Waals surface area contributed by atoms with E-state index in [1.807, 2.05) is 18.2 Å². The summed E-state index contributed by atoms with van der Waals surface area (Å²) in [6.07, 6.45) is 1.34. The van der Waals surface area contributed by atoms with Crippen LogP contribution < -0.4 is 14.2 Å². The van der Waals surface area contributed by atoms with Crippen molar-refractivity contribution in [3.05, 3.63) is 18.2 Å². The van der Waals surface area contributed by atoms with Crippen LogP contribution in [0.5, 0.6) is 17.2 Å². The molecule has 1 aliphatic rings. The monoisotopic (exact) mass is 337 g/mol. The van der Waals surface area contributed by atoms with Gasteiger partial charge in [-0.2, -0.15) is 0 Å². The first-order valence-corrected chi connectivity index (χ1v) is 8.78. The van der Waals surface area contributed by atoms with Gasteiger partial charge in [0.25, 0.3) is 0 Å². The molecule has 0 saturated carbocycles. The highest BCUT2D eigenvalue weighted by Crippen LogP contribution is 2.36. The van der Waals surface area contributed by atoms with Gasteiger partial charge in [-0.15, -0.1) is 0 Å². The third kappa shape index (κ3) is 5.56. The first kappa shape index (κ1) is 18.9. The molecule has 0 radical (unpaired) electrons. The Hall–Kier alpha value is -1.46. The average molecular weight is 337 g/mol. The molecule has 5 nitrogen and oxygen atoms in total. The molecule has 0 amide bonds. The van der Waals surface area contributed by atoms with Crippen LogP contribution in [-0.4, -0.2) is 58.6 Å². The van der Waals surface area contributed by atoms with Crippen molar-refractivity contribution in [3.63, 3.8) is 0 Å². The van der Waals surface area contributed by atoms with Crippen molar-refractivity contribution in [1.82, 2.24) is 4.90 Å². The summed E-state index contributed by atoms with van der Waals surface area (Å²) in [5.41, 5.74) is 0. The lowest BCUT2D eigenvalue weighted by Crippen LogP contribution is -2.40. The number of methoxy groups -OCH3 is 2. The largest absolute Gasteiger partial charge is 0.493 e. The maximum Gasteiger partial charge on any atom is 0.203 e. The van der Waals surface area contributed by atoms with Crippen LogP contribution in [0, 0.1) is 11.8 Å². The molecule has 2 atom stereocenters. The van der Waals surface area contributed by atoms with Gasteiger partial charge < -0.3 is 23.8 Å².